The van der Waals surface area contributed by atoms with E-state index < -0.39 is 0 Å². The van der Waals surface area contributed by atoms with Gasteiger partial charge in [0, 0.05) is 12.2 Å². The average Bonchev–Trinajstić information content (AvgIpc) is 2.24. The summed E-state index contributed by atoms with van der Waals surface area (Å²) in [6.07, 6.45) is 0. The number of hydrogen-bond acceptors (Lipinski definition) is 2. The van der Waals surface area contributed by atoms with E-state index >= 15 is 0 Å². The van der Waals surface area contributed by atoms with Crippen molar-refractivity contribution in [3.05, 3.63) is 28.8 Å². The molecule has 1 aromatic carbocycles. The monoisotopic (exact) mass is 270 g/mol. The zero-order valence-corrected chi connectivity index (χ0v) is 12.0. The van der Waals surface area contributed by atoms with E-state index in [9.17, 15) is 0 Å². The van der Waals surface area contributed by atoms with Gasteiger partial charge in [-0.2, -0.15) is 0 Å². The highest BCUT2D eigenvalue weighted by Gasteiger charge is 2.11. The van der Waals surface area contributed by atoms with E-state index in [2.05, 4.69) is 26.1 Å². The standard InChI is InChI=1S/C13H19ClN2S/c1-8(2)9(3)7-16-11-6-4-5-10(14)12(11)13(15)17/h4-6,8-9,16H,7H2,1-3H3,(H2,15,17). The zero-order chi connectivity index (χ0) is 13.0. The molecule has 0 aliphatic carbocycles. The minimum atomic E-state index is 0.329. The third kappa shape index (κ3) is 3.86. The molecular formula is C13H19ClN2S. The molecule has 1 unspecified atom stereocenters. The Labute approximate surface area is 114 Å². The lowest BCUT2D eigenvalue weighted by atomic mass is 9.98. The Hall–Kier alpha value is -0.800. The number of rotatable bonds is 5. The number of halogens is 1. The molecule has 1 rings (SSSR count). The Morgan fingerprint density at radius 1 is 1.41 bits per heavy atom. The molecule has 4 heteroatoms. The van der Waals surface area contributed by atoms with Crippen LogP contribution in [0.1, 0.15) is 26.3 Å². The van der Waals surface area contributed by atoms with Gasteiger partial charge >= 0.3 is 0 Å². The summed E-state index contributed by atoms with van der Waals surface area (Å²) in [6, 6.07) is 5.65. The maximum atomic E-state index is 6.09. The Morgan fingerprint density at radius 3 is 2.59 bits per heavy atom. The first kappa shape index (κ1) is 14.3. The van der Waals surface area contributed by atoms with E-state index in [-0.39, 0.29) is 0 Å². The molecule has 0 amide bonds. The number of thiocarbonyl (C=S) groups is 1. The summed E-state index contributed by atoms with van der Waals surface area (Å²) in [5, 5.41) is 3.96. The van der Waals surface area contributed by atoms with Crippen LogP contribution in [0.3, 0.4) is 0 Å². The molecule has 0 bridgehead atoms. The summed E-state index contributed by atoms with van der Waals surface area (Å²) < 4.78 is 0. The van der Waals surface area contributed by atoms with Gasteiger partial charge < -0.3 is 11.1 Å². The van der Waals surface area contributed by atoms with Gasteiger partial charge in [-0.3, -0.25) is 0 Å². The second kappa shape index (κ2) is 6.22. The van der Waals surface area contributed by atoms with Gasteiger partial charge in [-0.05, 0) is 24.0 Å². The predicted octanol–water partition coefficient (Wildman–Crippen LogP) is 3.68. The third-order valence-electron chi connectivity index (χ3n) is 3.01. The fourth-order valence-corrected chi connectivity index (χ4v) is 1.98. The topological polar surface area (TPSA) is 38.0 Å². The van der Waals surface area contributed by atoms with E-state index in [1.54, 1.807) is 6.07 Å². The number of nitrogens with one attached hydrogen (secondary N) is 1. The van der Waals surface area contributed by atoms with Gasteiger partial charge in [-0.1, -0.05) is 50.7 Å². The summed E-state index contributed by atoms with van der Waals surface area (Å²) in [5.74, 6) is 1.21. The van der Waals surface area contributed by atoms with E-state index in [0.717, 1.165) is 17.8 Å². The highest BCUT2D eigenvalue weighted by Crippen LogP contribution is 2.24. The predicted molar refractivity (Wildman–Crippen MR) is 79.8 cm³/mol. The van der Waals surface area contributed by atoms with Crippen LogP contribution >= 0.6 is 23.8 Å². The van der Waals surface area contributed by atoms with Crippen LogP contribution in [0.15, 0.2) is 18.2 Å². The second-order valence-corrected chi connectivity index (χ2v) is 5.48. The minimum absolute atomic E-state index is 0.329. The van der Waals surface area contributed by atoms with Gasteiger partial charge in [-0.25, -0.2) is 0 Å². The fourth-order valence-electron chi connectivity index (χ4n) is 1.43. The lowest BCUT2D eigenvalue weighted by Gasteiger charge is -2.19. The van der Waals surface area contributed by atoms with Crippen LogP contribution in [0.5, 0.6) is 0 Å². The molecule has 94 valence electrons. The van der Waals surface area contributed by atoms with E-state index in [1.165, 1.54) is 0 Å². The molecule has 0 saturated heterocycles. The normalized spacial score (nSPS) is 12.5. The van der Waals surface area contributed by atoms with Crippen LogP contribution in [-0.2, 0) is 0 Å². The first-order valence-corrected chi connectivity index (χ1v) is 6.54. The van der Waals surface area contributed by atoms with Crippen molar-refractivity contribution in [3.8, 4) is 0 Å². The Kier molecular flexibility index (Phi) is 5.22. The first-order valence-electron chi connectivity index (χ1n) is 5.75. The molecule has 1 aromatic rings. The molecule has 1 atom stereocenters. The summed E-state index contributed by atoms with van der Waals surface area (Å²) in [4.78, 5) is 0.329. The number of anilines is 1. The number of benzene rings is 1. The molecule has 0 radical (unpaired) electrons. The van der Waals surface area contributed by atoms with Crippen molar-refractivity contribution < 1.29 is 0 Å². The lowest BCUT2D eigenvalue weighted by Crippen LogP contribution is -2.19. The molecule has 17 heavy (non-hydrogen) atoms. The van der Waals surface area contributed by atoms with Crippen LogP contribution in [-0.4, -0.2) is 11.5 Å². The molecule has 0 aliphatic heterocycles. The number of hydrogen-bond donors (Lipinski definition) is 2. The van der Waals surface area contributed by atoms with Crippen molar-refractivity contribution in [2.75, 3.05) is 11.9 Å². The molecule has 0 fully saturated rings. The Morgan fingerprint density at radius 2 is 2.06 bits per heavy atom. The minimum Gasteiger partial charge on any atom is -0.389 e. The first-order chi connectivity index (χ1) is 7.93. The average molecular weight is 271 g/mol. The smallest absolute Gasteiger partial charge is 0.107 e. The fraction of sp³-hybridized carbons (Fsp3) is 0.462. The molecule has 0 heterocycles. The van der Waals surface area contributed by atoms with Crippen molar-refractivity contribution in [1.82, 2.24) is 0 Å². The van der Waals surface area contributed by atoms with Crippen molar-refractivity contribution in [3.63, 3.8) is 0 Å². The molecular weight excluding hydrogens is 252 g/mol. The number of nitrogens with two attached hydrogens (primary N) is 1. The van der Waals surface area contributed by atoms with Gasteiger partial charge in [-0.15, -0.1) is 0 Å². The van der Waals surface area contributed by atoms with Crippen molar-refractivity contribution in [1.29, 1.82) is 0 Å². The maximum absolute atomic E-state index is 6.09. The van der Waals surface area contributed by atoms with Crippen LogP contribution in [0.2, 0.25) is 5.02 Å². The van der Waals surface area contributed by atoms with Crippen LogP contribution < -0.4 is 11.1 Å². The molecule has 0 saturated carbocycles. The van der Waals surface area contributed by atoms with Gasteiger partial charge in [0.2, 0.25) is 0 Å². The highest BCUT2D eigenvalue weighted by atomic mass is 35.5. The van der Waals surface area contributed by atoms with E-state index in [1.807, 2.05) is 12.1 Å². The largest absolute Gasteiger partial charge is 0.389 e. The van der Waals surface area contributed by atoms with E-state index in [4.69, 9.17) is 29.6 Å². The van der Waals surface area contributed by atoms with Gasteiger partial charge in [0.15, 0.2) is 0 Å². The van der Waals surface area contributed by atoms with Gasteiger partial charge in [0.25, 0.3) is 0 Å². The molecule has 0 aliphatic rings. The second-order valence-electron chi connectivity index (χ2n) is 4.63. The van der Waals surface area contributed by atoms with E-state index in [0.29, 0.717) is 21.8 Å². The zero-order valence-electron chi connectivity index (χ0n) is 10.5. The van der Waals surface area contributed by atoms with Gasteiger partial charge in [0.05, 0.1) is 10.6 Å². The van der Waals surface area contributed by atoms with Crippen molar-refractivity contribution >= 4 is 34.5 Å². The summed E-state index contributed by atoms with van der Waals surface area (Å²) >= 11 is 11.1. The molecule has 2 nitrogen and oxygen atoms in total. The Bertz CT molecular complexity index is 404. The van der Waals surface area contributed by atoms with Crippen molar-refractivity contribution in [2.24, 2.45) is 17.6 Å². The summed E-state index contributed by atoms with van der Waals surface area (Å²) in [7, 11) is 0. The quantitative estimate of drug-likeness (QED) is 0.802. The van der Waals surface area contributed by atoms with Crippen molar-refractivity contribution in [2.45, 2.75) is 20.8 Å². The highest BCUT2D eigenvalue weighted by molar-refractivity contribution is 7.80. The summed E-state index contributed by atoms with van der Waals surface area (Å²) in [5.41, 5.74) is 7.34. The molecule has 0 aromatic heterocycles. The Balaban J connectivity index is 2.84. The lowest BCUT2D eigenvalue weighted by molar-refractivity contribution is 0.440. The van der Waals surface area contributed by atoms with Gasteiger partial charge in [0.1, 0.15) is 4.99 Å². The maximum Gasteiger partial charge on any atom is 0.107 e. The van der Waals surface area contributed by atoms with Crippen LogP contribution in [0.4, 0.5) is 5.69 Å². The summed E-state index contributed by atoms with van der Waals surface area (Å²) in [6.45, 7) is 7.51. The van der Waals surface area contributed by atoms with Crippen LogP contribution in [0, 0.1) is 11.8 Å². The molecule has 0 spiro atoms. The SMILES string of the molecule is CC(C)C(C)CNc1cccc(Cl)c1C(N)=S. The molecule has 3 N–H and O–H groups in total. The van der Waals surface area contributed by atoms with Crippen LogP contribution in [0.25, 0.3) is 0 Å². The third-order valence-corrected chi connectivity index (χ3v) is 3.53.